The van der Waals surface area contributed by atoms with Gasteiger partial charge in [-0.15, -0.1) is 12.3 Å². The van der Waals surface area contributed by atoms with Crippen molar-refractivity contribution in [3.05, 3.63) is 5.92 Å². The van der Waals surface area contributed by atoms with Crippen molar-refractivity contribution in [2.75, 3.05) is 0 Å². The number of terminal acetylenes is 1. The van der Waals surface area contributed by atoms with Crippen molar-refractivity contribution >= 4 is 0 Å². The van der Waals surface area contributed by atoms with Crippen LogP contribution in [0.1, 0.15) is 40.0 Å². The second-order valence-corrected chi connectivity index (χ2v) is 3.20. The average molecular weight is 161 g/mol. The summed E-state index contributed by atoms with van der Waals surface area (Å²) in [5, 5.41) is 0. The van der Waals surface area contributed by atoms with Crippen LogP contribution in [-0.4, -0.2) is 0 Å². The molecule has 0 aliphatic rings. The molecule has 0 aromatic heterocycles. The minimum absolute atomic E-state index is 0.126. The Balaban J connectivity index is 3.87. The lowest BCUT2D eigenvalue weighted by Gasteiger charge is -2.04. The van der Waals surface area contributed by atoms with Crippen LogP contribution in [0.25, 0.3) is 0 Å². The summed E-state index contributed by atoms with van der Waals surface area (Å²) in [6.45, 7) is 6.30. The lowest BCUT2D eigenvalue weighted by Crippen LogP contribution is -1.97. The summed E-state index contributed by atoms with van der Waals surface area (Å²) >= 11 is 0. The van der Waals surface area contributed by atoms with Gasteiger partial charge in [-0.1, -0.05) is 32.6 Å². The summed E-state index contributed by atoms with van der Waals surface area (Å²) < 4.78 is 0. The van der Waals surface area contributed by atoms with Crippen LogP contribution < -0.4 is 0 Å². The number of hydrogen-bond acceptors (Lipinski definition) is 0. The van der Waals surface area contributed by atoms with Crippen molar-refractivity contribution in [1.29, 1.82) is 0 Å². The second kappa shape index (κ2) is 6.81. The zero-order valence-electron chi connectivity index (χ0n) is 8.28. The summed E-state index contributed by atoms with van der Waals surface area (Å²) in [7, 11) is 0. The van der Waals surface area contributed by atoms with Crippen LogP contribution >= 0.6 is 0 Å². The topological polar surface area (TPSA) is 0 Å². The molecule has 0 N–H and O–H groups in total. The first-order valence-electron chi connectivity index (χ1n) is 4.44. The zero-order valence-corrected chi connectivity index (χ0v) is 8.28. The Morgan fingerprint density at radius 2 is 2.08 bits per heavy atom. The van der Waals surface area contributed by atoms with Gasteiger partial charge in [-0.05, 0) is 18.8 Å². The van der Waals surface area contributed by atoms with E-state index in [2.05, 4.69) is 38.5 Å². The van der Waals surface area contributed by atoms with E-state index >= 15 is 0 Å². The standard InChI is InChI=1S/C12H17/c1-5-7-8-9-12(6-2)10-11(3)4/h2,12H,5,7,10H2,1,3-4H3. The molecule has 0 saturated heterocycles. The highest BCUT2D eigenvalue weighted by molar-refractivity contribution is 5.16. The molecule has 1 atom stereocenters. The van der Waals surface area contributed by atoms with Crippen molar-refractivity contribution in [2.45, 2.75) is 40.0 Å². The summed E-state index contributed by atoms with van der Waals surface area (Å²) in [4.78, 5) is 0. The molecule has 0 aromatic rings. The molecule has 1 unspecified atom stereocenters. The average Bonchev–Trinajstić information content (AvgIpc) is 2.02. The molecule has 12 heavy (non-hydrogen) atoms. The van der Waals surface area contributed by atoms with Crippen molar-refractivity contribution in [3.8, 4) is 24.2 Å². The third-order valence-electron chi connectivity index (χ3n) is 1.46. The van der Waals surface area contributed by atoms with E-state index in [0.717, 1.165) is 19.3 Å². The summed E-state index contributed by atoms with van der Waals surface area (Å²) in [6, 6.07) is 0. The van der Waals surface area contributed by atoms with Gasteiger partial charge in [0.25, 0.3) is 0 Å². The molecule has 0 heterocycles. The molecule has 65 valence electrons. The van der Waals surface area contributed by atoms with Gasteiger partial charge in [0, 0.05) is 6.42 Å². The van der Waals surface area contributed by atoms with E-state index in [4.69, 9.17) is 6.42 Å². The SMILES string of the molecule is C#CC(C#CCCC)C[C](C)C. The lowest BCUT2D eigenvalue weighted by atomic mass is 9.98. The van der Waals surface area contributed by atoms with Crippen LogP contribution in [-0.2, 0) is 0 Å². The van der Waals surface area contributed by atoms with E-state index in [0.29, 0.717) is 0 Å². The molecule has 1 radical (unpaired) electrons. The Labute approximate surface area is 76.8 Å². The zero-order chi connectivity index (χ0) is 9.40. The van der Waals surface area contributed by atoms with Crippen LogP contribution in [0.15, 0.2) is 0 Å². The fraction of sp³-hybridized carbons (Fsp3) is 0.583. The summed E-state index contributed by atoms with van der Waals surface area (Å²) in [5.41, 5.74) is 0. The molecule has 0 nitrogen and oxygen atoms in total. The van der Waals surface area contributed by atoms with E-state index in [-0.39, 0.29) is 5.92 Å². The Kier molecular flexibility index (Phi) is 6.31. The highest BCUT2D eigenvalue weighted by Gasteiger charge is 2.02. The van der Waals surface area contributed by atoms with Gasteiger partial charge in [0.1, 0.15) is 0 Å². The van der Waals surface area contributed by atoms with Crippen molar-refractivity contribution < 1.29 is 0 Å². The van der Waals surface area contributed by atoms with Crippen LogP contribution in [0.5, 0.6) is 0 Å². The van der Waals surface area contributed by atoms with Gasteiger partial charge < -0.3 is 0 Å². The maximum Gasteiger partial charge on any atom is 0.0814 e. The predicted octanol–water partition coefficient (Wildman–Crippen LogP) is 3.04. The van der Waals surface area contributed by atoms with Crippen LogP contribution in [0, 0.1) is 36.0 Å². The normalized spacial score (nSPS) is 11.6. The Bertz CT molecular complexity index is 194. The maximum absolute atomic E-state index is 5.34. The Morgan fingerprint density at radius 1 is 1.42 bits per heavy atom. The highest BCUT2D eigenvalue weighted by atomic mass is 14.0. The van der Waals surface area contributed by atoms with Crippen LogP contribution in [0.3, 0.4) is 0 Å². The molecule has 0 fully saturated rings. The van der Waals surface area contributed by atoms with Gasteiger partial charge in [0.2, 0.25) is 0 Å². The third kappa shape index (κ3) is 5.87. The van der Waals surface area contributed by atoms with Crippen LogP contribution in [0.4, 0.5) is 0 Å². The molecule has 0 aliphatic carbocycles. The van der Waals surface area contributed by atoms with E-state index in [1.54, 1.807) is 0 Å². The number of hydrogen-bond donors (Lipinski definition) is 0. The van der Waals surface area contributed by atoms with Crippen molar-refractivity contribution in [3.63, 3.8) is 0 Å². The minimum Gasteiger partial charge on any atom is -0.119 e. The first-order valence-corrected chi connectivity index (χ1v) is 4.44. The second-order valence-electron chi connectivity index (χ2n) is 3.20. The van der Waals surface area contributed by atoms with Crippen LogP contribution in [0.2, 0.25) is 0 Å². The molecular formula is C12H17. The molecule has 0 aromatic carbocycles. The maximum atomic E-state index is 5.34. The van der Waals surface area contributed by atoms with Gasteiger partial charge in [-0.2, -0.15) is 0 Å². The van der Waals surface area contributed by atoms with E-state index in [1.807, 2.05) is 0 Å². The quantitative estimate of drug-likeness (QED) is 0.558. The fourth-order valence-electron chi connectivity index (χ4n) is 0.880. The van der Waals surface area contributed by atoms with Gasteiger partial charge >= 0.3 is 0 Å². The molecule has 0 aliphatic heterocycles. The monoisotopic (exact) mass is 161 g/mol. The lowest BCUT2D eigenvalue weighted by molar-refractivity contribution is 0.761. The Hall–Kier alpha value is -0.880. The first kappa shape index (κ1) is 11.1. The molecule has 0 heteroatoms. The van der Waals surface area contributed by atoms with E-state index in [9.17, 15) is 0 Å². The number of unbranched alkanes of at least 4 members (excludes halogenated alkanes) is 1. The molecule has 0 spiro atoms. The molecule has 0 bridgehead atoms. The first-order chi connectivity index (χ1) is 5.70. The molecule has 0 saturated carbocycles. The smallest absolute Gasteiger partial charge is 0.0814 e. The van der Waals surface area contributed by atoms with Gasteiger partial charge in [0.05, 0.1) is 5.92 Å². The van der Waals surface area contributed by atoms with Crippen molar-refractivity contribution in [2.24, 2.45) is 5.92 Å². The van der Waals surface area contributed by atoms with Gasteiger partial charge in [-0.25, -0.2) is 0 Å². The van der Waals surface area contributed by atoms with E-state index < -0.39 is 0 Å². The predicted molar refractivity (Wildman–Crippen MR) is 54.2 cm³/mol. The van der Waals surface area contributed by atoms with Crippen molar-refractivity contribution in [1.82, 2.24) is 0 Å². The molecular weight excluding hydrogens is 144 g/mol. The highest BCUT2D eigenvalue weighted by Crippen LogP contribution is 2.11. The molecule has 0 rings (SSSR count). The minimum atomic E-state index is 0.126. The fourth-order valence-corrected chi connectivity index (χ4v) is 0.880. The summed E-state index contributed by atoms with van der Waals surface area (Å²) in [6.07, 6.45) is 8.34. The van der Waals surface area contributed by atoms with E-state index in [1.165, 1.54) is 5.92 Å². The Morgan fingerprint density at radius 3 is 2.50 bits per heavy atom. The van der Waals surface area contributed by atoms with Gasteiger partial charge in [-0.3, -0.25) is 0 Å². The van der Waals surface area contributed by atoms with Gasteiger partial charge in [0.15, 0.2) is 0 Å². The summed E-state index contributed by atoms with van der Waals surface area (Å²) in [5.74, 6) is 10.4. The largest absolute Gasteiger partial charge is 0.119 e. The molecule has 0 amide bonds. The third-order valence-corrected chi connectivity index (χ3v) is 1.46. The number of rotatable bonds is 3.